The summed E-state index contributed by atoms with van der Waals surface area (Å²) >= 11 is 0. The molecular formula is C19H23NO2. The van der Waals surface area contributed by atoms with Gasteiger partial charge in [0.15, 0.2) is 5.78 Å². The van der Waals surface area contributed by atoms with Gasteiger partial charge in [0.1, 0.15) is 5.76 Å². The van der Waals surface area contributed by atoms with Gasteiger partial charge >= 0.3 is 0 Å². The normalized spacial score (nSPS) is 24.6. The number of aryl methyl sites for hydroxylation is 1. The lowest BCUT2D eigenvalue weighted by atomic mass is 9.77. The first kappa shape index (κ1) is 15.0. The highest BCUT2D eigenvalue weighted by molar-refractivity contribution is 6.14. The number of aliphatic hydroxyl groups is 1. The van der Waals surface area contributed by atoms with E-state index in [4.69, 9.17) is 0 Å². The van der Waals surface area contributed by atoms with E-state index in [1.54, 1.807) is 6.21 Å². The Balaban J connectivity index is 1.85. The molecule has 1 aromatic carbocycles. The first-order chi connectivity index (χ1) is 10.5. The number of Topliss-reactive ketones (excluding diaryl/α,β-unsaturated/α-hetero) is 1. The van der Waals surface area contributed by atoms with Crippen LogP contribution in [-0.4, -0.2) is 17.1 Å². The zero-order valence-electron chi connectivity index (χ0n) is 13.3. The van der Waals surface area contributed by atoms with E-state index in [2.05, 4.69) is 23.2 Å². The molecule has 1 aromatic rings. The first-order valence-electron chi connectivity index (χ1n) is 8.02. The lowest BCUT2D eigenvalue weighted by Crippen LogP contribution is -2.26. The maximum Gasteiger partial charge on any atom is 0.168 e. The Labute approximate surface area is 131 Å². The quantitative estimate of drug-likeness (QED) is 0.826. The molecule has 1 atom stereocenters. The van der Waals surface area contributed by atoms with Gasteiger partial charge in [-0.25, -0.2) is 0 Å². The van der Waals surface area contributed by atoms with Crippen LogP contribution in [0.15, 0.2) is 40.6 Å². The average molecular weight is 297 g/mol. The maximum atomic E-state index is 12.2. The molecule has 0 aromatic heterocycles. The summed E-state index contributed by atoms with van der Waals surface area (Å²) in [5, 5.41) is 10.2. The van der Waals surface area contributed by atoms with Gasteiger partial charge in [0.25, 0.3) is 0 Å². The molecule has 22 heavy (non-hydrogen) atoms. The predicted molar refractivity (Wildman–Crippen MR) is 88.3 cm³/mol. The van der Waals surface area contributed by atoms with Gasteiger partial charge in [-0.05, 0) is 35.8 Å². The number of carbonyl (C=O) groups excluding carboxylic acids is 1. The second kappa shape index (κ2) is 5.71. The van der Waals surface area contributed by atoms with Gasteiger partial charge < -0.3 is 5.11 Å². The van der Waals surface area contributed by atoms with Crippen molar-refractivity contribution in [2.75, 3.05) is 0 Å². The van der Waals surface area contributed by atoms with Gasteiger partial charge in [-0.1, -0.05) is 38.1 Å². The van der Waals surface area contributed by atoms with E-state index in [0.717, 1.165) is 19.3 Å². The highest BCUT2D eigenvalue weighted by Crippen LogP contribution is 2.36. The summed E-state index contributed by atoms with van der Waals surface area (Å²) in [5.41, 5.74) is 2.86. The van der Waals surface area contributed by atoms with Gasteiger partial charge in [-0.3, -0.25) is 9.79 Å². The summed E-state index contributed by atoms with van der Waals surface area (Å²) in [5.74, 6) is 0.190. The molecule has 0 spiro atoms. The number of carbonyl (C=O) groups is 1. The van der Waals surface area contributed by atoms with Crippen LogP contribution in [0.1, 0.15) is 56.7 Å². The monoisotopic (exact) mass is 297 g/mol. The highest BCUT2D eigenvalue weighted by atomic mass is 16.3. The van der Waals surface area contributed by atoms with Crippen molar-refractivity contribution >= 4 is 12.0 Å². The lowest BCUT2D eigenvalue weighted by Gasteiger charge is -2.28. The van der Waals surface area contributed by atoms with Crippen molar-refractivity contribution < 1.29 is 9.90 Å². The van der Waals surface area contributed by atoms with E-state index >= 15 is 0 Å². The fraction of sp³-hybridized carbons (Fsp3) is 0.474. The van der Waals surface area contributed by atoms with Crippen LogP contribution in [0.25, 0.3) is 0 Å². The number of hydrogen-bond acceptors (Lipinski definition) is 3. The fourth-order valence-corrected chi connectivity index (χ4v) is 3.50. The Morgan fingerprint density at radius 1 is 1.27 bits per heavy atom. The van der Waals surface area contributed by atoms with Crippen molar-refractivity contribution in [3.8, 4) is 0 Å². The van der Waals surface area contributed by atoms with E-state index in [-0.39, 0.29) is 23.0 Å². The summed E-state index contributed by atoms with van der Waals surface area (Å²) in [6.07, 6.45) is 5.84. The van der Waals surface area contributed by atoms with Crippen molar-refractivity contribution in [1.82, 2.24) is 0 Å². The van der Waals surface area contributed by atoms with Crippen LogP contribution in [0.4, 0.5) is 0 Å². The zero-order chi connectivity index (χ0) is 15.7. The molecule has 3 rings (SSSR count). The summed E-state index contributed by atoms with van der Waals surface area (Å²) in [6.45, 7) is 4.01. The van der Waals surface area contributed by atoms with Crippen LogP contribution in [0, 0.1) is 5.41 Å². The Bertz CT molecular complexity index is 655. The third kappa shape index (κ3) is 2.99. The molecule has 3 nitrogen and oxygen atoms in total. The molecule has 2 aliphatic carbocycles. The topological polar surface area (TPSA) is 49.7 Å². The van der Waals surface area contributed by atoms with Crippen LogP contribution in [0.5, 0.6) is 0 Å². The number of aliphatic hydroxyl groups excluding tert-OH is 1. The Morgan fingerprint density at radius 2 is 2.05 bits per heavy atom. The molecular weight excluding hydrogens is 274 g/mol. The van der Waals surface area contributed by atoms with Gasteiger partial charge in [0.05, 0.1) is 11.6 Å². The molecule has 0 saturated heterocycles. The van der Waals surface area contributed by atoms with Crippen LogP contribution in [0.2, 0.25) is 0 Å². The summed E-state index contributed by atoms with van der Waals surface area (Å²) < 4.78 is 0. The minimum atomic E-state index is -0.157. The summed E-state index contributed by atoms with van der Waals surface area (Å²) in [4.78, 5) is 16.9. The Kier molecular flexibility index (Phi) is 3.90. The number of benzene rings is 1. The number of nitrogens with zero attached hydrogens (tertiary/aromatic N) is 1. The van der Waals surface area contributed by atoms with Crippen LogP contribution in [0.3, 0.4) is 0 Å². The number of hydrogen-bond donors (Lipinski definition) is 1. The first-order valence-corrected chi connectivity index (χ1v) is 8.02. The minimum absolute atomic E-state index is 0.00148. The fourth-order valence-electron chi connectivity index (χ4n) is 3.50. The number of rotatable bonds is 2. The van der Waals surface area contributed by atoms with E-state index < -0.39 is 0 Å². The third-order valence-corrected chi connectivity index (χ3v) is 4.62. The van der Waals surface area contributed by atoms with Gasteiger partial charge in [-0.2, -0.15) is 0 Å². The zero-order valence-corrected chi connectivity index (χ0v) is 13.3. The smallest absolute Gasteiger partial charge is 0.168 e. The van der Waals surface area contributed by atoms with Crippen molar-refractivity contribution in [3.63, 3.8) is 0 Å². The molecule has 3 heteroatoms. The van der Waals surface area contributed by atoms with Crippen LogP contribution in [-0.2, 0) is 11.2 Å². The Morgan fingerprint density at radius 3 is 2.82 bits per heavy atom. The summed E-state index contributed by atoms with van der Waals surface area (Å²) in [7, 11) is 0. The van der Waals surface area contributed by atoms with Gasteiger partial charge in [0, 0.05) is 19.1 Å². The Hall–Kier alpha value is -1.90. The number of ketones is 1. The molecule has 1 N–H and O–H groups in total. The molecule has 0 heterocycles. The minimum Gasteiger partial charge on any atom is -0.511 e. The van der Waals surface area contributed by atoms with Crippen molar-refractivity contribution in [2.24, 2.45) is 10.4 Å². The lowest BCUT2D eigenvalue weighted by molar-refractivity contribution is -0.117. The second-order valence-electron chi connectivity index (χ2n) is 7.19. The van der Waals surface area contributed by atoms with Crippen LogP contribution < -0.4 is 0 Å². The summed E-state index contributed by atoms with van der Waals surface area (Å²) in [6, 6.07) is 8.48. The largest absolute Gasteiger partial charge is 0.511 e. The molecule has 2 aliphatic rings. The van der Waals surface area contributed by atoms with Crippen LogP contribution >= 0.6 is 0 Å². The molecule has 116 valence electrons. The molecule has 1 unspecified atom stereocenters. The molecule has 0 saturated carbocycles. The third-order valence-electron chi connectivity index (χ3n) is 4.62. The van der Waals surface area contributed by atoms with E-state index in [1.807, 2.05) is 19.9 Å². The number of aliphatic imine (C=N–C) groups is 1. The highest BCUT2D eigenvalue weighted by Gasteiger charge is 2.32. The van der Waals surface area contributed by atoms with Crippen molar-refractivity contribution in [2.45, 2.75) is 52.0 Å². The molecule has 0 radical (unpaired) electrons. The second-order valence-corrected chi connectivity index (χ2v) is 7.19. The van der Waals surface area contributed by atoms with E-state index in [0.29, 0.717) is 18.4 Å². The SMILES string of the molecule is CC1(C)CC(=O)C(C=NC2CCCc3ccccc32)=C(O)C1. The van der Waals surface area contributed by atoms with Gasteiger partial charge in [-0.15, -0.1) is 0 Å². The van der Waals surface area contributed by atoms with Gasteiger partial charge in [0.2, 0.25) is 0 Å². The molecule has 0 fully saturated rings. The van der Waals surface area contributed by atoms with E-state index in [9.17, 15) is 9.90 Å². The van der Waals surface area contributed by atoms with Crippen molar-refractivity contribution in [1.29, 1.82) is 0 Å². The number of allylic oxidation sites excluding steroid dienone is 2. The maximum absolute atomic E-state index is 12.2. The standard InChI is InChI=1S/C19H23NO2/c1-19(2)10-17(21)15(18(22)11-19)12-20-16-9-5-7-13-6-3-4-8-14(13)16/h3-4,6,8,12,16,21H,5,7,9-11H2,1-2H3. The molecule has 0 bridgehead atoms. The van der Waals surface area contributed by atoms with Crippen molar-refractivity contribution in [3.05, 3.63) is 46.7 Å². The van der Waals surface area contributed by atoms with E-state index in [1.165, 1.54) is 11.1 Å². The average Bonchev–Trinajstić information content (AvgIpc) is 2.45. The molecule has 0 aliphatic heterocycles. The number of fused-ring (bicyclic) bond motifs is 1. The predicted octanol–water partition coefficient (Wildman–Crippen LogP) is 4.34. The molecule has 0 amide bonds.